The summed E-state index contributed by atoms with van der Waals surface area (Å²) in [4.78, 5) is 0. The Morgan fingerprint density at radius 3 is 2.58 bits per heavy atom. The summed E-state index contributed by atoms with van der Waals surface area (Å²) in [5.41, 5.74) is 9.37. The summed E-state index contributed by atoms with van der Waals surface area (Å²) in [6.07, 6.45) is 1.14. The lowest BCUT2D eigenvalue weighted by Crippen LogP contribution is -2.12. The fourth-order valence-corrected chi connectivity index (χ4v) is 2.50. The number of rotatable bonds is 2. The molecule has 2 N–H and O–H groups in total. The Morgan fingerprint density at radius 1 is 1.16 bits per heavy atom. The van der Waals surface area contributed by atoms with E-state index >= 15 is 0 Å². The molecular formula is C16H16FNO. The zero-order valence-electron chi connectivity index (χ0n) is 10.8. The van der Waals surface area contributed by atoms with Crippen LogP contribution in [0.5, 0.6) is 5.75 Å². The molecule has 2 aromatic rings. The van der Waals surface area contributed by atoms with Crippen molar-refractivity contribution in [2.45, 2.75) is 25.5 Å². The monoisotopic (exact) mass is 257 g/mol. The molecule has 0 spiro atoms. The number of hydrogen-bond donors (Lipinski definition) is 1. The molecule has 3 heteroatoms. The second-order valence-corrected chi connectivity index (χ2v) is 5.03. The van der Waals surface area contributed by atoms with Crippen molar-refractivity contribution in [3.63, 3.8) is 0 Å². The Hall–Kier alpha value is -1.87. The van der Waals surface area contributed by atoms with Crippen LogP contribution in [0.15, 0.2) is 42.5 Å². The van der Waals surface area contributed by atoms with Gasteiger partial charge in [0.15, 0.2) is 0 Å². The third-order valence-corrected chi connectivity index (χ3v) is 3.51. The highest BCUT2D eigenvalue weighted by Crippen LogP contribution is 2.32. The van der Waals surface area contributed by atoms with Gasteiger partial charge < -0.3 is 10.5 Å². The molecule has 2 atom stereocenters. The van der Waals surface area contributed by atoms with Gasteiger partial charge in [-0.1, -0.05) is 24.3 Å². The Bertz CT molecular complexity index is 594. The first kappa shape index (κ1) is 12.2. The Labute approximate surface area is 112 Å². The van der Waals surface area contributed by atoms with Crippen molar-refractivity contribution in [1.29, 1.82) is 0 Å². The minimum Gasteiger partial charge on any atom is -0.490 e. The van der Waals surface area contributed by atoms with E-state index in [4.69, 9.17) is 10.5 Å². The van der Waals surface area contributed by atoms with Crippen molar-refractivity contribution in [2.75, 3.05) is 0 Å². The first-order valence-electron chi connectivity index (χ1n) is 6.44. The summed E-state index contributed by atoms with van der Waals surface area (Å²) in [6, 6.07) is 12.1. The van der Waals surface area contributed by atoms with Crippen LogP contribution < -0.4 is 10.5 Å². The van der Waals surface area contributed by atoms with Gasteiger partial charge in [-0.15, -0.1) is 0 Å². The number of ether oxygens (including phenoxy) is 1. The Morgan fingerprint density at radius 2 is 1.84 bits per heavy atom. The molecule has 0 fully saturated rings. The zero-order valence-corrected chi connectivity index (χ0v) is 10.8. The molecule has 2 aromatic carbocycles. The predicted molar refractivity (Wildman–Crippen MR) is 72.7 cm³/mol. The van der Waals surface area contributed by atoms with Gasteiger partial charge in [-0.2, -0.15) is 0 Å². The fourth-order valence-electron chi connectivity index (χ4n) is 2.50. The van der Waals surface area contributed by atoms with E-state index in [1.165, 1.54) is 17.7 Å². The maximum absolute atomic E-state index is 12.9. The van der Waals surface area contributed by atoms with Crippen LogP contribution in [0.2, 0.25) is 0 Å². The maximum atomic E-state index is 12.9. The molecule has 0 bridgehead atoms. The Balaban J connectivity index is 1.90. The van der Waals surface area contributed by atoms with Crippen molar-refractivity contribution in [2.24, 2.45) is 5.73 Å². The molecule has 2 unspecified atom stereocenters. The van der Waals surface area contributed by atoms with Crippen LogP contribution in [0.4, 0.5) is 4.39 Å². The van der Waals surface area contributed by atoms with Gasteiger partial charge in [-0.25, -0.2) is 4.39 Å². The Kier molecular flexibility index (Phi) is 2.99. The minimum absolute atomic E-state index is 0.229. The van der Waals surface area contributed by atoms with Crippen molar-refractivity contribution in [1.82, 2.24) is 0 Å². The largest absolute Gasteiger partial charge is 0.490 e. The minimum atomic E-state index is -0.243. The highest BCUT2D eigenvalue weighted by molar-refractivity contribution is 5.43. The van der Waals surface area contributed by atoms with E-state index in [9.17, 15) is 4.39 Å². The van der Waals surface area contributed by atoms with E-state index in [0.717, 1.165) is 23.3 Å². The number of benzene rings is 2. The van der Waals surface area contributed by atoms with E-state index in [-0.39, 0.29) is 18.0 Å². The van der Waals surface area contributed by atoms with Gasteiger partial charge in [-0.05, 0) is 41.8 Å². The van der Waals surface area contributed by atoms with Crippen LogP contribution in [0.3, 0.4) is 0 Å². The van der Waals surface area contributed by atoms with E-state index in [0.29, 0.717) is 0 Å². The van der Waals surface area contributed by atoms with Crippen LogP contribution in [0, 0.1) is 5.82 Å². The molecule has 0 aromatic heterocycles. The standard InChI is InChI=1S/C16H16FNO/c1-10-8-13-9-12(4-7-15(13)19-10)16(18)11-2-5-14(17)6-3-11/h2-7,9-10,16H,8,18H2,1H3. The maximum Gasteiger partial charge on any atom is 0.123 e. The molecule has 19 heavy (non-hydrogen) atoms. The highest BCUT2D eigenvalue weighted by atomic mass is 19.1. The lowest BCUT2D eigenvalue weighted by Gasteiger charge is -2.13. The number of hydrogen-bond acceptors (Lipinski definition) is 2. The van der Waals surface area contributed by atoms with Crippen LogP contribution >= 0.6 is 0 Å². The van der Waals surface area contributed by atoms with E-state index in [1.807, 2.05) is 12.1 Å². The molecule has 2 nitrogen and oxygen atoms in total. The van der Waals surface area contributed by atoms with E-state index in [1.54, 1.807) is 12.1 Å². The topological polar surface area (TPSA) is 35.2 Å². The lowest BCUT2D eigenvalue weighted by atomic mass is 9.97. The average molecular weight is 257 g/mol. The quantitative estimate of drug-likeness (QED) is 0.896. The summed E-state index contributed by atoms with van der Waals surface area (Å²) in [6.45, 7) is 2.06. The molecule has 0 radical (unpaired) electrons. The third kappa shape index (κ3) is 2.34. The van der Waals surface area contributed by atoms with Crippen molar-refractivity contribution < 1.29 is 9.13 Å². The summed E-state index contributed by atoms with van der Waals surface area (Å²) >= 11 is 0. The molecule has 0 saturated carbocycles. The molecule has 1 aliphatic heterocycles. The van der Waals surface area contributed by atoms with Crippen LogP contribution in [0.1, 0.15) is 29.7 Å². The number of nitrogens with two attached hydrogens (primary N) is 1. The lowest BCUT2D eigenvalue weighted by molar-refractivity contribution is 0.254. The summed E-state index contributed by atoms with van der Waals surface area (Å²) in [7, 11) is 0. The second-order valence-electron chi connectivity index (χ2n) is 5.03. The van der Waals surface area contributed by atoms with Gasteiger partial charge in [0.2, 0.25) is 0 Å². The van der Waals surface area contributed by atoms with Crippen molar-refractivity contribution in [3.05, 3.63) is 65.0 Å². The molecule has 0 aliphatic carbocycles. The van der Waals surface area contributed by atoms with Gasteiger partial charge in [0.1, 0.15) is 17.7 Å². The van der Waals surface area contributed by atoms with E-state index < -0.39 is 0 Å². The van der Waals surface area contributed by atoms with Crippen LogP contribution in [0.25, 0.3) is 0 Å². The molecule has 1 aliphatic rings. The van der Waals surface area contributed by atoms with Gasteiger partial charge in [0.05, 0.1) is 6.04 Å². The van der Waals surface area contributed by atoms with Gasteiger partial charge in [0.25, 0.3) is 0 Å². The smallest absolute Gasteiger partial charge is 0.123 e. The fraction of sp³-hybridized carbons (Fsp3) is 0.250. The zero-order chi connectivity index (χ0) is 13.4. The number of fused-ring (bicyclic) bond motifs is 1. The van der Waals surface area contributed by atoms with Crippen LogP contribution in [-0.2, 0) is 6.42 Å². The first-order chi connectivity index (χ1) is 9.13. The third-order valence-electron chi connectivity index (χ3n) is 3.51. The van der Waals surface area contributed by atoms with Gasteiger partial charge >= 0.3 is 0 Å². The molecule has 3 rings (SSSR count). The normalized spacial score (nSPS) is 18.8. The number of halogens is 1. The van der Waals surface area contributed by atoms with E-state index in [2.05, 4.69) is 13.0 Å². The summed E-state index contributed by atoms with van der Waals surface area (Å²) in [5.74, 6) is 0.703. The molecule has 1 heterocycles. The molecular weight excluding hydrogens is 241 g/mol. The second kappa shape index (κ2) is 4.67. The SMILES string of the molecule is CC1Cc2cc(C(N)c3ccc(F)cc3)ccc2O1. The predicted octanol–water partition coefficient (Wildman–Crippen LogP) is 3.20. The highest BCUT2D eigenvalue weighted by Gasteiger charge is 2.20. The van der Waals surface area contributed by atoms with Crippen molar-refractivity contribution in [3.8, 4) is 5.75 Å². The summed E-state index contributed by atoms with van der Waals surface area (Å²) in [5, 5.41) is 0. The molecule has 0 amide bonds. The van der Waals surface area contributed by atoms with Gasteiger partial charge in [0, 0.05) is 6.42 Å². The molecule has 0 saturated heterocycles. The first-order valence-corrected chi connectivity index (χ1v) is 6.44. The van der Waals surface area contributed by atoms with Crippen molar-refractivity contribution >= 4 is 0 Å². The van der Waals surface area contributed by atoms with Gasteiger partial charge in [-0.3, -0.25) is 0 Å². The molecule has 98 valence electrons. The van der Waals surface area contributed by atoms with Crippen LogP contribution in [-0.4, -0.2) is 6.10 Å². The average Bonchev–Trinajstić information content (AvgIpc) is 2.77. The summed E-state index contributed by atoms with van der Waals surface area (Å²) < 4.78 is 18.6.